The van der Waals surface area contributed by atoms with Crippen molar-refractivity contribution in [2.75, 3.05) is 7.11 Å². The summed E-state index contributed by atoms with van der Waals surface area (Å²) in [4.78, 5) is 15.4. The van der Waals surface area contributed by atoms with Gasteiger partial charge in [0.1, 0.15) is 7.11 Å². The molecule has 0 saturated carbocycles. The topological polar surface area (TPSA) is 63.8 Å². The van der Waals surface area contributed by atoms with Crippen LogP contribution in [0.25, 0.3) is 10.9 Å². The van der Waals surface area contributed by atoms with Gasteiger partial charge in [-0.3, -0.25) is 0 Å². The molecular formula is C9H8N2O3. The molecule has 1 aromatic carbocycles. The van der Waals surface area contributed by atoms with Gasteiger partial charge in [0.25, 0.3) is 5.88 Å². The average Bonchev–Trinajstić information content (AvgIpc) is 2.49. The minimum absolute atomic E-state index is 0.00227. The van der Waals surface area contributed by atoms with Gasteiger partial charge in [0, 0.05) is 5.39 Å². The molecule has 0 aliphatic heterocycles. The van der Waals surface area contributed by atoms with Gasteiger partial charge < -0.3 is 9.94 Å². The Labute approximate surface area is 79.5 Å². The van der Waals surface area contributed by atoms with E-state index >= 15 is 0 Å². The molecule has 72 valence electrons. The number of benzene rings is 1. The van der Waals surface area contributed by atoms with Crippen molar-refractivity contribution in [3.8, 4) is 5.88 Å². The molecule has 0 amide bonds. The van der Waals surface area contributed by atoms with Crippen LogP contribution in [0.5, 0.6) is 5.88 Å². The van der Waals surface area contributed by atoms with E-state index in [0.717, 1.165) is 4.73 Å². The van der Waals surface area contributed by atoms with Crippen LogP contribution in [0.1, 0.15) is 0 Å². The Morgan fingerprint density at radius 2 is 2.14 bits per heavy atom. The Hall–Kier alpha value is -2.04. The Bertz CT molecular complexity index is 490. The monoisotopic (exact) mass is 192 g/mol. The first kappa shape index (κ1) is 8.55. The van der Waals surface area contributed by atoms with E-state index < -0.39 is 0 Å². The highest BCUT2D eigenvalue weighted by atomic mass is 16.7. The number of nitroso groups, excluding NO2 is 1. The summed E-state index contributed by atoms with van der Waals surface area (Å²) in [6.07, 6.45) is 0. The van der Waals surface area contributed by atoms with Gasteiger partial charge in [-0.25, -0.2) is 0 Å². The first-order valence-corrected chi connectivity index (χ1v) is 4.00. The third kappa shape index (κ3) is 0.953. The first-order chi connectivity index (χ1) is 6.79. The van der Waals surface area contributed by atoms with Gasteiger partial charge >= 0.3 is 0 Å². The van der Waals surface area contributed by atoms with Gasteiger partial charge in [-0.15, -0.1) is 9.64 Å². The van der Waals surface area contributed by atoms with Crippen LogP contribution in [0.15, 0.2) is 29.4 Å². The SMILES string of the molecule is COn1c(O)c(N=O)c2ccccc21. The molecule has 14 heavy (non-hydrogen) atoms. The minimum atomic E-state index is -0.274. The van der Waals surface area contributed by atoms with E-state index in [2.05, 4.69) is 5.18 Å². The van der Waals surface area contributed by atoms with Crippen molar-refractivity contribution in [1.82, 2.24) is 4.73 Å². The van der Waals surface area contributed by atoms with E-state index in [9.17, 15) is 10.0 Å². The van der Waals surface area contributed by atoms with Crippen LogP contribution in [0.4, 0.5) is 5.69 Å². The maximum Gasteiger partial charge on any atom is 0.256 e. The number of nitrogens with zero attached hydrogens (tertiary/aromatic N) is 2. The lowest BCUT2D eigenvalue weighted by Gasteiger charge is -2.01. The highest BCUT2D eigenvalue weighted by molar-refractivity contribution is 5.94. The van der Waals surface area contributed by atoms with Crippen LogP contribution in [0.3, 0.4) is 0 Å². The molecule has 0 unspecified atom stereocenters. The van der Waals surface area contributed by atoms with Crippen molar-refractivity contribution < 1.29 is 9.94 Å². The van der Waals surface area contributed by atoms with Crippen molar-refractivity contribution in [2.45, 2.75) is 0 Å². The van der Waals surface area contributed by atoms with Gasteiger partial charge in [-0.1, -0.05) is 18.2 Å². The molecule has 1 aromatic heterocycles. The fourth-order valence-electron chi connectivity index (χ4n) is 1.46. The maximum atomic E-state index is 10.5. The largest absolute Gasteiger partial charge is 0.491 e. The highest BCUT2D eigenvalue weighted by Gasteiger charge is 2.16. The molecule has 0 bridgehead atoms. The van der Waals surface area contributed by atoms with Gasteiger partial charge in [0.05, 0.1) is 5.52 Å². The standard InChI is InChI=1S/C9H8N2O3/c1-14-11-7-5-3-2-4-6(7)8(10-13)9(11)12/h2-5,12H,1H3. The molecule has 2 rings (SSSR count). The molecule has 1 heterocycles. The molecule has 1 N–H and O–H groups in total. The van der Waals surface area contributed by atoms with Crippen LogP contribution in [-0.4, -0.2) is 16.9 Å². The fourth-order valence-corrected chi connectivity index (χ4v) is 1.46. The van der Waals surface area contributed by atoms with Crippen molar-refractivity contribution >= 4 is 16.6 Å². The van der Waals surface area contributed by atoms with E-state index in [0.29, 0.717) is 10.9 Å². The van der Waals surface area contributed by atoms with E-state index in [1.54, 1.807) is 24.3 Å². The first-order valence-electron chi connectivity index (χ1n) is 4.00. The average molecular weight is 192 g/mol. The second-order valence-corrected chi connectivity index (χ2v) is 2.76. The van der Waals surface area contributed by atoms with Crippen molar-refractivity contribution in [3.05, 3.63) is 29.2 Å². The number of rotatable bonds is 2. The fraction of sp³-hybridized carbons (Fsp3) is 0.111. The van der Waals surface area contributed by atoms with E-state index in [1.807, 2.05) is 0 Å². The number of hydrogen-bond acceptors (Lipinski definition) is 4. The molecule has 0 saturated heterocycles. The lowest BCUT2D eigenvalue weighted by Crippen LogP contribution is -2.03. The third-order valence-corrected chi connectivity index (χ3v) is 2.06. The summed E-state index contributed by atoms with van der Waals surface area (Å²) in [6.45, 7) is 0. The molecule has 5 nitrogen and oxygen atoms in total. The Balaban J connectivity index is 2.91. The predicted molar refractivity (Wildman–Crippen MR) is 51.6 cm³/mol. The van der Waals surface area contributed by atoms with E-state index in [4.69, 9.17) is 4.84 Å². The number of aromatic nitrogens is 1. The minimum Gasteiger partial charge on any atom is -0.491 e. The van der Waals surface area contributed by atoms with Crippen molar-refractivity contribution in [1.29, 1.82) is 0 Å². The van der Waals surface area contributed by atoms with Gasteiger partial charge in [-0.2, -0.15) is 0 Å². The van der Waals surface area contributed by atoms with Crippen LogP contribution in [-0.2, 0) is 0 Å². The highest BCUT2D eigenvalue weighted by Crippen LogP contribution is 2.37. The van der Waals surface area contributed by atoms with E-state index in [1.165, 1.54) is 7.11 Å². The van der Waals surface area contributed by atoms with Crippen LogP contribution < -0.4 is 4.84 Å². The molecular weight excluding hydrogens is 184 g/mol. The zero-order valence-electron chi connectivity index (χ0n) is 7.47. The molecule has 0 aliphatic rings. The Morgan fingerprint density at radius 1 is 1.43 bits per heavy atom. The summed E-state index contributed by atoms with van der Waals surface area (Å²) in [6, 6.07) is 6.97. The smallest absolute Gasteiger partial charge is 0.256 e. The van der Waals surface area contributed by atoms with Gasteiger partial charge in [0.15, 0.2) is 5.69 Å². The predicted octanol–water partition coefficient (Wildman–Crippen LogP) is 1.80. The summed E-state index contributed by atoms with van der Waals surface area (Å²) in [5, 5.41) is 12.9. The summed E-state index contributed by atoms with van der Waals surface area (Å²) in [5.41, 5.74) is 0.615. The summed E-state index contributed by atoms with van der Waals surface area (Å²) >= 11 is 0. The number of aromatic hydroxyl groups is 1. The number of fused-ring (bicyclic) bond motifs is 1. The molecule has 0 radical (unpaired) electrons. The van der Waals surface area contributed by atoms with E-state index in [-0.39, 0.29) is 11.6 Å². The van der Waals surface area contributed by atoms with Gasteiger partial charge in [-0.05, 0) is 11.2 Å². The van der Waals surface area contributed by atoms with Gasteiger partial charge in [0.2, 0.25) is 0 Å². The summed E-state index contributed by atoms with van der Waals surface area (Å²) in [7, 11) is 1.40. The number of hydrogen-bond donors (Lipinski definition) is 1. The summed E-state index contributed by atoms with van der Waals surface area (Å²) < 4.78 is 1.16. The molecule has 0 spiro atoms. The zero-order chi connectivity index (χ0) is 10.1. The van der Waals surface area contributed by atoms with Crippen molar-refractivity contribution in [2.24, 2.45) is 5.18 Å². The molecule has 5 heteroatoms. The molecule has 0 aliphatic carbocycles. The third-order valence-electron chi connectivity index (χ3n) is 2.06. The normalized spacial score (nSPS) is 10.4. The maximum absolute atomic E-state index is 10.5. The Morgan fingerprint density at radius 3 is 2.79 bits per heavy atom. The van der Waals surface area contributed by atoms with Crippen LogP contribution in [0, 0.1) is 4.91 Å². The second-order valence-electron chi connectivity index (χ2n) is 2.76. The van der Waals surface area contributed by atoms with Crippen LogP contribution >= 0.6 is 0 Å². The summed E-state index contributed by atoms with van der Waals surface area (Å²) in [5.74, 6) is -0.274. The molecule has 0 atom stereocenters. The number of para-hydroxylation sites is 1. The zero-order valence-corrected chi connectivity index (χ0v) is 7.47. The molecule has 2 aromatic rings. The lowest BCUT2D eigenvalue weighted by molar-refractivity contribution is 0.153. The lowest BCUT2D eigenvalue weighted by atomic mass is 10.2. The van der Waals surface area contributed by atoms with Crippen molar-refractivity contribution in [3.63, 3.8) is 0 Å². The second kappa shape index (κ2) is 3.02. The Kier molecular flexibility index (Phi) is 1.85. The quantitative estimate of drug-likeness (QED) is 0.738. The molecule has 0 fully saturated rings. The van der Waals surface area contributed by atoms with Crippen LogP contribution in [0.2, 0.25) is 0 Å².